The van der Waals surface area contributed by atoms with Crippen LogP contribution >= 0.6 is 0 Å². The van der Waals surface area contributed by atoms with Gasteiger partial charge in [-0.2, -0.15) is 0 Å². The van der Waals surface area contributed by atoms with E-state index in [2.05, 4.69) is 33.4 Å². The van der Waals surface area contributed by atoms with Crippen molar-refractivity contribution in [3.63, 3.8) is 0 Å². The van der Waals surface area contributed by atoms with Crippen LogP contribution in [0.4, 0.5) is 0 Å². The summed E-state index contributed by atoms with van der Waals surface area (Å²) in [6.45, 7) is 2.78. The summed E-state index contributed by atoms with van der Waals surface area (Å²) in [5.74, 6) is 0.844. The molecule has 1 saturated heterocycles. The maximum absolute atomic E-state index is 10.5. The number of hydrogen-bond donors (Lipinski definition) is 2. The first kappa shape index (κ1) is 18.3. The van der Waals surface area contributed by atoms with Crippen molar-refractivity contribution in [3.8, 4) is 5.75 Å². The fourth-order valence-corrected chi connectivity index (χ4v) is 4.83. The quantitative estimate of drug-likeness (QED) is 0.717. The highest BCUT2D eigenvalue weighted by Crippen LogP contribution is 2.34. The highest BCUT2D eigenvalue weighted by Gasteiger charge is 2.33. The van der Waals surface area contributed by atoms with Gasteiger partial charge < -0.3 is 10.2 Å². The number of aliphatic hydroxyl groups is 1. The summed E-state index contributed by atoms with van der Waals surface area (Å²) in [5, 5.41) is 29.0. The van der Waals surface area contributed by atoms with Crippen LogP contribution in [0.5, 0.6) is 5.75 Å². The van der Waals surface area contributed by atoms with Gasteiger partial charge in [0.15, 0.2) is 0 Å². The third-order valence-electron chi connectivity index (χ3n) is 6.32. The molecule has 5 rings (SSSR count). The second-order valence-corrected chi connectivity index (χ2v) is 8.25. The molecule has 0 amide bonds. The number of rotatable bonds is 4. The molecule has 3 aromatic rings. The highest BCUT2D eigenvalue weighted by molar-refractivity contribution is 5.37. The second kappa shape index (κ2) is 7.61. The van der Waals surface area contributed by atoms with E-state index in [1.54, 1.807) is 6.07 Å². The maximum atomic E-state index is 10.5. The van der Waals surface area contributed by atoms with Gasteiger partial charge in [0.25, 0.3) is 0 Å². The van der Waals surface area contributed by atoms with E-state index in [0.29, 0.717) is 18.1 Å². The van der Waals surface area contributed by atoms with Gasteiger partial charge in [-0.25, -0.2) is 4.68 Å². The molecular formula is C23H26N4O2. The van der Waals surface area contributed by atoms with Gasteiger partial charge in [0, 0.05) is 13.0 Å². The van der Waals surface area contributed by atoms with Crippen LogP contribution in [-0.2, 0) is 13.0 Å². The molecule has 2 N–H and O–H groups in total. The molecule has 2 aromatic carbocycles. The van der Waals surface area contributed by atoms with Crippen molar-refractivity contribution in [2.45, 2.75) is 43.9 Å². The number of benzene rings is 2. The molecule has 2 heterocycles. The Morgan fingerprint density at radius 1 is 1.03 bits per heavy atom. The number of piperidine rings is 1. The Hall–Kier alpha value is -2.70. The van der Waals surface area contributed by atoms with Gasteiger partial charge >= 0.3 is 0 Å². The predicted octanol–water partition coefficient (Wildman–Crippen LogP) is 2.87. The molecule has 2 atom stereocenters. The highest BCUT2D eigenvalue weighted by atomic mass is 16.3. The molecule has 150 valence electrons. The standard InChI is InChI=1S/C23H26N4O2/c28-20-6-3-5-17(12-20)16-8-10-26(11-9-16)14-19-15-27(25-24-19)23-21-7-2-1-4-18(21)13-22(23)29/h1-7,12,15-16,22-23,28-29H,8-11,13-14H2. The van der Waals surface area contributed by atoms with Crippen LogP contribution in [0.2, 0.25) is 0 Å². The zero-order chi connectivity index (χ0) is 19.8. The number of likely N-dealkylation sites (tertiary alicyclic amines) is 1. The molecule has 1 fully saturated rings. The molecule has 1 aromatic heterocycles. The summed E-state index contributed by atoms with van der Waals surface area (Å²) in [7, 11) is 0. The molecule has 1 aliphatic heterocycles. The summed E-state index contributed by atoms with van der Waals surface area (Å²) < 4.78 is 1.82. The van der Waals surface area contributed by atoms with Crippen molar-refractivity contribution in [1.82, 2.24) is 19.9 Å². The number of aromatic nitrogens is 3. The van der Waals surface area contributed by atoms with Gasteiger partial charge in [-0.05, 0) is 60.7 Å². The number of fused-ring (bicyclic) bond motifs is 1. The maximum Gasteiger partial charge on any atom is 0.115 e. The molecule has 2 unspecified atom stereocenters. The lowest BCUT2D eigenvalue weighted by atomic mass is 9.89. The molecular weight excluding hydrogens is 364 g/mol. The first-order valence-corrected chi connectivity index (χ1v) is 10.4. The number of aromatic hydroxyl groups is 1. The number of hydrogen-bond acceptors (Lipinski definition) is 5. The van der Waals surface area contributed by atoms with Gasteiger partial charge in [-0.15, -0.1) is 5.10 Å². The Morgan fingerprint density at radius 3 is 2.69 bits per heavy atom. The minimum atomic E-state index is -0.458. The monoisotopic (exact) mass is 390 g/mol. The van der Waals surface area contributed by atoms with Crippen molar-refractivity contribution >= 4 is 0 Å². The number of phenolic OH excluding ortho intramolecular Hbond substituents is 1. The molecule has 1 aliphatic carbocycles. The summed E-state index contributed by atoms with van der Waals surface area (Å²) in [6, 6.07) is 15.7. The summed E-state index contributed by atoms with van der Waals surface area (Å²) >= 11 is 0. The van der Waals surface area contributed by atoms with E-state index in [9.17, 15) is 10.2 Å². The fraction of sp³-hybridized carbons (Fsp3) is 0.391. The van der Waals surface area contributed by atoms with Crippen LogP contribution in [-0.4, -0.2) is 49.3 Å². The Morgan fingerprint density at radius 2 is 1.86 bits per heavy atom. The first-order chi connectivity index (χ1) is 14.2. The minimum Gasteiger partial charge on any atom is -0.508 e. The Bertz CT molecular complexity index is 994. The molecule has 29 heavy (non-hydrogen) atoms. The SMILES string of the molecule is Oc1cccc(C2CCN(Cc3cn(C4c5ccccc5CC4O)nn3)CC2)c1. The van der Waals surface area contributed by atoms with E-state index in [1.807, 2.05) is 35.1 Å². The topological polar surface area (TPSA) is 74.4 Å². The minimum absolute atomic E-state index is 0.149. The van der Waals surface area contributed by atoms with Crippen molar-refractivity contribution < 1.29 is 10.2 Å². The lowest BCUT2D eigenvalue weighted by Gasteiger charge is -2.31. The lowest BCUT2D eigenvalue weighted by molar-refractivity contribution is 0.137. The largest absolute Gasteiger partial charge is 0.508 e. The van der Waals surface area contributed by atoms with Gasteiger partial charge in [0.2, 0.25) is 0 Å². The molecule has 2 aliphatic rings. The van der Waals surface area contributed by atoms with Gasteiger partial charge in [0.05, 0.1) is 18.0 Å². The van der Waals surface area contributed by atoms with Gasteiger partial charge in [-0.3, -0.25) is 4.90 Å². The van der Waals surface area contributed by atoms with Crippen LogP contribution < -0.4 is 0 Å². The smallest absolute Gasteiger partial charge is 0.115 e. The van der Waals surface area contributed by atoms with Crippen LogP contribution in [0.25, 0.3) is 0 Å². The van der Waals surface area contributed by atoms with Crippen molar-refractivity contribution in [3.05, 3.63) is 77.1 Å². The molecule has 0 spiro atoms. The first-order valence-electron chi connectivity index (χ1n) is 10.4. The Kier molecular flexibility index (Phi) is 4.81. The second-order valence-electron chi connectivity index (χ2n) is 8.25. The van der Waals surface area contributed by atoms with Crippen molar-refractivity contribution in [2.24, 2.45) is 0 Å². The molecule has 6 heteroatoms. The zero-order valence-corrected chi connectivity index (χ0v) is 16.4. The van der Waals surface area contributed by atoms with Gasteiger partial charge in [0.1, 0.15) is 11.8 Å². The van der Waals surface area contributed by atoms with Crippen molar-refractivity contribution in [2.75, 3.05) is 13.1 Å². The lowest BCUT2D eigenvalue weighted by Crippen LogP contribution is -2.32. The number of aliphatic hydroxyl groups excluding tert-OH is 1. The van der Waals surface area contributed by atoms with Crippen LogP contribution in [0.3, 0.4) is 0 Å². The van der Waals surface area contributed by atoms with E-state index in [-0.39, 0.29) is 6.04 Å². The summed E-state index contributed by atoms with van der Waals surface area (Å²) in [5.41, 5.74) is 4.50. The predicted molar refractivity (Wildman–Crippen MR) is 110 cm³/mol. The average molecular weight is 390 g/mol. The van der Waals surface area contributed by atoms with E-state index < -0.39 is 6.10 Å². The van der Waals surface area contributed by atoms with E-state index >= 15 is 0 Å². The van der Waals surface area contributed by atoms with E-state index in [1.165, 1.54) is 11.1 Å². The average Bonchev–Trinajstić information content (AvgIpc) is 3.31. The van der Waals surface area contributed by atoms with Crippen LogP contribution in [0, 0.1) is 0 Å². The summed E-state index contributed by atoms with van der Waals surface area (Å²) in [6.07, 6.45) is 4.34. The van der Waals surface area contributed by atoms with E-state index in [0.717, 1.165) is 43.7 Å². The number of nitrogens with zero attached hydrogens (tertiary/aromatic N) is 4. The Labute approximate surface area is 170 Å². The van der Waals surface area contributed by atoms with Crippen molar-refractivity contribution in [1.29, 1.82) is 0 Å². The summed E-state index contributed by atoms with van der Waals surface area (Å²) in [4.78, 5) is 2.41. The Balaban J connectivity index is 1.23. The third-order valence-corrected chi connectivity index (χ3v) is 6.32. The van der Waals surface area contributed by atoms with Gasteiger partial charge in [-0.1, -0.05) is 41.6 Å². The van der Waals surface area contributed by atoms with Crippen LogP contribution in [0.1, 0.15) is 47.2 Å². The molecule has 0 radical (unpaired) electrons. The molecule has 0 bridgehead atoms. The molecule has 6 nitrogen and oxygen atoms in total. The van der Waals surface area contributed by atoms with E-state index in [4.69, 9.17) is 0 Å². The zero-order valence-electron chi connectivity index (χ0n) is 16.4. The third kappa shape index (κ3) is 3.66. The van der Waals surface area contributed by atoms with Crippen LogP contribution in [0.15, 0.2) is 54.7 Å². The molecule has 0 saturated carbocycles. The number of phenols is 1. The normalized spacial score (nSPS) is 22.7. The fourth-order valence-electron chi connectivity index (χ4n) is 4.83.